The zero-order valence-electron chi connectivity index (χ0n) is 18.6. The smallest absolute Gasteiger partial charge is 0.327 e. The molecule has 1 aromatic rings. The summed E-state index contributed by atoms with van der Waals surface area (Å²) in [5, 5.41) is 0. The number of nitrogens with zero attached hydrogens (tertiary/aromatic N) is 1. The van der Waals surface area contributed by atoms with Gasteiger partial charge in [0.15, 0.2) is 0 Å². The van der Waals surface area contributed by atoms with Crippen LogP contribution in [0, 0.1) is 6.17 Å². The molecule has 0 saturated carbocycles. The summed E-state index contributed by atoms with van der Waals surface area (Å²) in [6.45, 7) is 1.10. The van der Waals surface area contributed by atoms with Crippen LogP contribution in [0.2, 0.25) is 0 Å². The van der Waals surface area contributed by atoms with Crippen LogP contribution in [0.15, 0.2) is 63.4 Å². The van der Waals surface area contributed by atoms with Gasteiger partial charge in [0.2, 0.25) is 0 Å². The predicted octanol–water partition coefficient (Wildman–Crippen LogP) is 5.78. The van der Waals surface area contributed by atoms with Crippen molar-refractivity contribution in [1.82, 2.24) is 0 Å². The SMILES string of the molecule is C[N+](C)(C)Cc1ccccc1.O=S(=O)(C(=C1C(F)=C(F)C(F)=C(F)[C-]1F)S(=O)(=O)C(F)(F)F)C(F)(F)F. The Kier molecular flexibility index (Phi) is 9.33. The maximum absolute atomic E-state index is 13.5. The number of rotatable bonds is 4. The number of hydrogen-bond acceptors (Lipinski definition) is 4. The molecule has 0 amide bonds. The highest BCUT2D eigenvalue weighted by Crippen LogP contribution is 2.50. The van der Waals surface area contributed by atoms with Crippen LogP contribution in [0.25, 0.3) is 0 Å². The average molecular weight is 595 g/mol. The van der Waals surface area contributed by atoms with Crippen molar-refractivity contribution in [3.05, 3.63) is 75.2 Å². The first kappa shape index (κ1) is 32.4. The molecule has 0 N–H and O–H groups in total. The van der Waals surface area contributed by atoms with Gasteiger partial charge in [-0.3, -0.25) is 13.2 Å². The molecule has 37 heavy (non-hydrogen) atoms. The Morgan fingerprint density at radius 1 is 0.757 bits per heavy atom. The van der Waals surface area contributed by atoms with E-state index in [1.807, 2.05) is 0 Å². The molecule has 0 unspecified atom stereocenters. The van der Waals surface area contributed by atoms with Crippen LogP contribution >= 0.6 is 0 Å². The van der Waals surface area contributed by atoms with Gasteiger partial charge in [0.05, 0.1) is 33.1 Å². The molecular weight excluding hydrogens is 579 g/mol. The third-order valence-electron chi connectivity index (χ3n) is 4.01. The Morgan fingerprint density at radius 3 is 1.51 bits per heavy atom. The first-order valence-electron chi connectivity index (χ1n) is 9.23. The van der Waals surface area contributed by atoms with Gasteiger partial charge in [0.1, 0.15) is 28.3 Å². The second-order valence-corrected chi connectivity index (χ2v) is 12.1. The van der Waals surface area contributed by atoms with Crippen LogP contribution in [-0.2, 0) is 26.2 Å². The monoisotopic (exact) mass is 595 g/mol. The molecule has 5 nitrogen and oxygen atoms in total. The quantitative estimate of drug-likeness (QED) is 0.252. The zero-order valence-corrected chi connectivity index (χ0v) is 20.3. The molecule has 0 saturated heterocycles. The standard InChI is InChI=1S/C10H16N.C9F11O4S2/c1-11(2,3)9-10-7-5-4-6-8-10;10-2-1(3(11)5(13)6(14)4(2)12)7(25(21,22)8(15,16)17)26(23,24)9(18,19)20/h4-8H,9H2,1-3H3;/q+1;-1. The number of halogens is 11. The number of allylic oxidation sites excluding steroid dienone is 5. The van der Waals surface area contributed by atoms with Crippen LogP contribution in [0.1, 0.15) is 5.56 Å². The van der Waals surface area contributed by atoms with Gasteiger partial charge in [-0.25, -0.2) is 25.6 Å². The van der Waals surface area contributed by atoms with Crippen molar-refractivity contribution < 1.29 is 69.6 Å². The summed E-state index contributed by atoms with van der Waals surface area (Å²) in [5.74, 6) is -13.0. The summed E-state index contributed by atoms with van der Waals surface area (Å²) in [4.78, 5) is 0. The van der Waals surface area contributed by atoms with Crippen LogP contribution in [0.5, 0.6) is 0 Å². The van der Waals surface area contributed by atoms with Gasteiger partial charge in [-0.2, -0.15) is 26.3 Å². The van der Waals surface area contributed by atoms with E-state index in [9.17, 15) is 65.1 Å². The average Bonchev–Trinajstić information content (AvgIpc) is 2.72. The summed E-state index contributed by atoms with van der Waals surface area (Å²) in [7, 11) is -8.90. The normalized spacial score (nSPS) is 16.1. The summed E-state index contributed by atoms with van der Waals surface area (Å²) in [5.41, 5.74) is -15.8. The predicted molar refractivity (Wildman–Crippen MR) is 108 cm³/mol. The highest BCUT2D eigenvalue weighted by Gasteiger charge is 2.59. The lowest BCUT2D eigenvalue weighted by Gasteiger charge is -2.28. The molecule has 1 aliphatic carbocycles. The summed E-state index contributed by atoms with van der Waals surface area (Å²) in [6.07, 6.45) is -3.45. The van der Waals surface area contributed by atoms with E-state index >= 15 is 0 Å². The minimum atomic E-state index is -7.75. The van der Waals surface area contributed by atoms with Gasteiger partial charge in [0, 0.05) is 5.56 Å². The molecule has 1 aliphatic rings. The minimum absolute atomic E-state index is 0.990. The van der Waals surface area contributed by atoms with Crippen LogP contribution in [0.3, 0.4) is 0 Å². The number of quaternary nitrogens is 1. The maximum atomic E-state index is 13.5. The van der Waals surface area contributed by atoms with Crippen molar-refractivity contribution in [1.29, 1.82) is 0 Å². The highest BCUT2D eigenvalue weighted by molar-refractivity contribution is 8.15. The van der Waals surface area contributed by atoms with E-state index in [4.69, 9.17) is 0 Å². The molecule has 0 fully saturated rings. The fourth-order valence-electron chi connectivity index (χ4n) is 2.54. The minimum Gasteiger partial charge on any atom is -0.327 e. The van der Waals surface area contributed by atoms with Crippen molar-refractivity contribution in [2.24, 2.45) is 0 Å². The van der Waals surface area contributed by atoms with E-state index in [2.05, 4.69) is 51.5 Å². The molecule has 0 atom stereocenters. The fraction of sp³-hybridized carbons (Fsp3) is 0.316. The summed E-state index contributed by atoms with van der Waals surface area (Å²) < 4.78 is 182. The summed E-state index contributed by atoms with van der Waals surface area (Å²) in [6, 6.07) is 10.6. The van der Waals surface area contributed by atoms with Gasteiger partial charge in [-0.15, -0.1) is 0 Å². The van der Waals surface area contributed by atoms with Crippen molar-refractivity contribution in [2.45, 2.75) is 17.6 Å². The van der Waals surface area contributed by atoms with E-state index in [-0.39, 0.29) is 0 Å². The Bertz CT molecular complexity index is 1270. The van der Waals surface area contributed by atoms with Crippen LogP contribution in [-0.4, -0.2) is 53.5 Å². The van der Waals surface area contributed by atoms with Crippen LogP contribution in [0.4, 0.5) is 48.3 Å². The largest absolute Gasteiger partial charge is 0.494 e. The van der Waals surface area contributed by atoms with E-state index in [0.29, 0.717) is 0 Å². The van der Waals surface area contributed by atoms with Gasteiger partial charge in [-0.05, 0) is 5.57 Å². The van der Waals surface area contributed by atoms with Gasteiger partial charge in [-0.1, -0.05) is 30.3 Å². The molecule has 210 valence electrons. The maximum Gasteiger partial charge on any atom is 0.494 e. The van der Waals surface area contributed by atoms with Crippen molar-refractivity contribution in [3.63, 3.8) is 0 Å². The van der Waals surface area contributed by atoms with Gasteiger partial charge in [0.25, 0.3) is 19.7 Å². The number of hydrogen-bond donors (Lipinski definition) is 0. The van der Waals surface area contributed by atoms with Gasteiger partial charge < -0.3 is 4.48 Å². The lowest BCUT2D eigenvalue weighted by molar-refractivity contribution is -0.884. The third kappa shape index (κ3) is 7.04. The first-order valence-corrected chi connectivity index (χ1v) is 12.2. The van der Waals surface area contributed by atoms with Crippen molar-refractivity contribution in [2.75, 3.05) is 21.1 Å². The Labute approximate surface area is 203 Å². The van der Waals surface area contributed by atoms with Crippen molar-refractivity contribution in [3.8, 4) is 0 Å². The molecule has 0 radical (unpaired) electrons. The lowest BCUT2D eigenvalue weighted by atomic mass is 10.0. The van der Waals surface area contributed by atoms with E-state index in [0.717, 1.165) is 11.0 Å². The number of benzene rings is 1. The second kappa shape index (κ2) is 10.6. The molecule has 1 aromatic carbocycles. The molecule has 0 aliphatic heterocycles. The molecule has 18 heteroatoms. The molecule has 0 bridgehead atoms. The molecule has 0 spiro atoms. The highest BCUT2D eigenvalue weighted by atomic mass is 32.3. The number of sulfone groups is 2. The van der Waals surface area contributed by atoms with Gasteiger partial charge >= 0.3 is 11.0 Å². The van der Waals surface area contributed by atoms with E-state index < -0.39 is 70.0 Å². The topological polar surface area (TPSA) is 68.3 Å². The third-order valence-corrected chi connectivity index (χ3v) is 7.93. The molecule has 2 rings (SSSR count). The Hall–Kier alpha value is -2.60. The van der Waals surface area contributed by atoms with Crippen LogP contribution < -0.4 is 0 Å². The fourth-order valence-corrected chi connectivity index (χ4v) is 5.58. The van der Waals surface area contributed by atoms with Crippen molar-refractivity contribution >= 4 is 19.7 Å². The van der Waals surface area contributed by atoms with E-state index in [1.54, 1.807) is 0 Å². The lowest BCUT2D eigenvalue weighted by Crippen LogP contribution is -2.36. The zero-order chi connectivity index (χ0) is 29.4. The molecular formula is C19H16F11NO4S2. The number of alkyl halides is 6. The first-order chi connectivity index (χ1) is 16.4. The molecule has 0 heterocycles. The van der Waals surface area contributed by atoms with E-state index in [1.165, 1.54) is 5.56 Å². The second-order valence-electron chi connectivity index (χ2n) is 8.06. The Morgan fingerprint density at radius 2 is 1.16 bits per heavy atom. The Balaban J connectivity index is 0.000000516. The summed E-state index contributed by atoms with van der Waals surface area (Å²) >= 11 is 0. The molecule has 0 aromatic heterocycles.